The Bertz CT molecular complexity index is 564. The van der Waals surface area contributed by atoms with Crippen LogP contribution in [0.1, 0.15) is 82.7 Å². The van der Waals surface area contributed by atoms with Crippen LogP contribution in [-0.2, 0) is 17.3 Å². The van der Waals surface area contributed by atoms with Crippen molar-refractivity contribution in [3.63, 3.8) is 0 Å². The lowest BCUT2D eigenvalue weighted by Crippen LogP contribution is -3.06. The Hall–Kier alpha value is -0.860. The number of hydrogen-bond acceptors (Lipinski definition) is 0. The molecular weight excluding hydrogens is 292 g/mol. The first-order valence-corrected chi connectivity index (χ1v) is 9.82. The molecule has 1 atom stereocenters. The van der Waals surface area contributed by atoms with Gasteiger partial charge in [-0.2, -0.15) is 0 Å². The van der Waals surface area contributed by atoms with E-state index in [1.165, 1.54) is 37.9 Å². The summed E-state index contributed by atoms with van der Waals surface area (Å²) in [5, 5.41) is 2.55. The van der Waals surface area contributed by atoms with Gasteiger partial charge in [0.05, 0.1) is 27.2 Å². The Morgan fingerprint density at radius 2 is 1.88 bits per heavy atom. The zero-order valence-corrected chi connectivity index (χ0v) is 17.3. The zero-order valence-electron chi connectivity index (χ0n) is 17.3. The Morgan fingerprint density at radius 3 is 2.46 bits per heavy atom. The monoisotopic (exact) mass is 332 g/mol. The molecule has 0 unspecified atom stereocenters. The molecule has 0 saturated heterocycles. The fourth-order valence-electron chi connectivity index (χ4n) is 3.94. The first-order chi connectivity index (χ1) is 11.0. The van der Waals surface area contributed by atoms with Crippen molar-refractivity contribution in [2.24, 2.45) is 0 Å². The summed E-state index contributed by atoms with van der Waals surface area (Å²) in [6.45, 7) is 16.8. The first kappa shape index (κ1) is 19.5. The van der Waals surface area contributed by atoms with Gasteiger partial charge in [-0.1, -0.05) is 40.7 Å². The number of fused-ring (bicyclic) bond motifs is 1. The minimum Gasteiger partial charge on any atom is -0.340 e. The van der Waals surface area contributed by atoms with E-state index >= 15 is 0 Å². The van der Waals surface area contributed by atoms with Crippen molar-refractivity contribution in [1.29, 1.82) is 0 Å². The van der Waals surface area contributed by atoms with Crippen molar-refractivity contribution in [3.8, 4) is 0 Å². The minimum atomic E-state index is 0.219. The van der Waals surface area contributed by atoms with Crippen LogP contribution in [0.25, 0.3) is 0 Å². The quantitative estimate of drug-likeness (QED) is 0.747. The van der Waals surface area contributed by atoms with E-state index in [9.17, 15) is 0 Å². The average Bonchev–Trinajstić information content (AvgIpc) is 2.77. The average molecular weight is 333 g/mol. The molecular formula is C22H40N2+2. The molecule has 0 aliphatic heterocycles. The second kappa shape index (κ2) is 7.17. The Morgan fingerprint density at radius 1 is 1.21 bits per heavy atom. The molecule has 0 aromatic heterocycles. The summed E-state index contributed by atoms with van der Waals surface area (Å²) in [6, 6.07) is 5.58. The highest BCUT2D eigenvalue weighted by atomic mass is 15.1. The Labute approximate surface area is 150 Å². The Kier molecular flexibility index (Phi) is 5.82. The van der Waals surface area contributed by atoms with E-state index in [0.717, 1.165) is 0 Å². The van der Waals surface area contributed by atoms with E-state index in [0.29, 0.717) is 11.5 Å². The molecule has 1 aliphatic rings. The minimum absolute atomic E-state index is 0.219. The largest absolute Gasteiger partial charge is 0.340 e. The fourth-order valence-corrected chi connectivity index (χ4v) is 3.94. The summed E-state index contributed by atoms with van der Waals surface area (Å²) >= 11 is 0. The predicted octanol–water partition coefficient (Wildman–Crippen LogP) is 2.37. The van der Waals surface area contributed by atoms with Crippen LogP contribution in [0, 0.1) is 0 Å². The van der Waals surface area contributed by atoms with Crippen LogP contribution in [0.5, 0.6) is 0 Å². The van der Waals surface area contributed by atoms with Gasteiger partial charge in [0.15, 0.2) is 0 Å². The molecule has 0 fully saturated rings. The lowest BCUT2D eigenvalue weighted by Gasteiger charge is -2.27. The molecule has 24 heavy (non-hydrogen) atoms. The van der Waals surface area contributed by atoms with Gasteiger partial charge in [-0.3, -0.25) is 0 Å². The third kappa shape index (κ3) is 4.40. The van der Waals surface area contributed by atoms with Crippen molar-refractivity contribution < 1.29 is 10.2 Å². The maximum atomic E-state index is 2.55. The molecule has 0 heterocycles. The molecule has 2 rings (SSSR count). The van der Waals surface area contributed by atoms with Gasteiger partial charge in [-0.05, 0) is 53.4 Å². The second-order valence-corrected chi connectivity index (χ2v) is 9.85. The van der Waals surface area contributed by atoms with Gasteiger partial charge in [-0.15, -0.1) is 0 Å². The molecule has 3 N–H and O–H groups in total. The van der Waals surface area contributed by atoms with Gasteiger partial charge < -0.3 is 10.2 Å². The van der Waals surface area contributed by atoms with Gasteiger partial charge in [0.25, 0.3) is 0 Å². The maximum absolute atomic E-state index is 2.55. The third-order valence-electron chi connectivity index (χ3n) is 5.77. The highest BCUT2D eigenvalue weighted by molar-refractivity contribution is 5.48. The fraction of sp³-hybridized carbons (Fsp3) is 0.727. The van der Waals surface area contributed by atoms with Crippen molar-refractivity contribution in [3.05, 3.63) is 34.4 Å². The van der Waals surface area contributed by atoms with Gasteiger partial charge in [0.2, 0.25) is 0 Å². The number of rotatable bonds is 6. The summed E-state index contributed by atoms with van der Waals surface area (Å²) in [5.41, 5.74) is 6.91. The van der Waals surface area contributed by atoms with Gasteiger partial charge >= 0.3 is 0 Å². The lowest BCUT2D eigenvalue weighted by molar-refractivity contribution is -0.860. The maximum Gasteiger partial charge on any atom is 0.109 e. The summed E-state index contributed by atoms with van der Waals surface area (Å²) in [5.74, 6) is 0. The summed E-state index contributed by atoms with van der Waals surface area (Å²) in [7, 11) is 4.48. The van der Waals surface area contributed by atoms with Crippen molar-refractivity contribution in [1.82, 2.24) is 0 Å². The number of hydrogen-bond donors (Lipinski definition) is 2. The number of nitrogens with two attached hydrogens (primary N) is 1. The van der Waals surface area contributed by atoms with E-state index in [4.69, 9.17) is 0 Å². The van der Waals surface area contributed by atoms with E-state index in [1.807, 2.05) is 0 Å². The number of nitrogens with one attached hydrogen (secondary N) is 1. The van der Waals surface area contributed by atoms with E-state index < -0.39 is 0 Å². The molecule has 2 nitrogen and oxygen atoms in total. The van der Waals surface area contributed by atoms with E-state index in [1.54, 1.807) is 21.6 Å². The molecule has 1 aromatic carbocycles. The van der Waals surface area contributed by atoms with Crippen molar-refractivity contribution in [2.45, 2.75) is 77.7 Å². The SMILES string of the molecule is C[C@H]([NH2+]CCC[NH+](C)C)c1cc(C(C)(C)C)cc2c1CCC2(C)C. The molecule has 0 saturated carbocycles. The van der Waals surface area contributed by atoms with Crippen LogP contribution in [0.15, 0.2) is 12.1 Å². The number of quaternary nitrogens is 2. The molecule has 0 bridgehead atoms. The Balaban J connectivity index is 2.27. The van der Waals surface area contributed by atoms with Crippen LogP contribution in [-0.4, -0.2) is 27.2 Å². The molecule has 1 aromatic rings. The first-order valence-electron chi connectivity index (χ1n) is 9.82. The molecule has 0 radical (unpaired) electrons. The van der Waals surface area contributed by atoms with E-state index in [-0.39, 0.29) is 5.41 Å². The molecule has 2 heteroatoms. The predicted molar refractivity (Wildman–Crippen MR) is 104 cm³/mol. The molecule has 0 spiro atoms. The number of benzene rings is 1. The third-order valence-corrected chi connectivity index (χ3v) is 5.77. The lowest BCUT2D eigenvalue weighted by atomic mass is 9.79. The van der Waals surface area contributed by atoms with Crippen LogP contribution >= 0.6 is 0 Å². The van der Waals surface area contributed by atoms with Crippen molar-refractivity contribution >= 4 is 0 Å². The van der Waals surface area contributed by atoms with Crippen LogP contribution in [0.3, 0.4) is 0 Å². The van der Waals surface area contributed by atoms with Gasteiger partial charge in [0, 0.05) is 12.0 Å². The van der Waals surface area contributed by atoms with Crippen molar-refractivity contribution in [2.75, 3.05) is 27.2 Å². The topological polar surface area (TPSA) is 21.1 Å². The summed E-state index contributed by atoms with van der Waals surface area (Å²) < 4.78 is 0. The summed E-state index contributed by atoms with van der Waals surface area (Å²) in [6.07, 6.45) is 3.83. The van der Waals surface area contributed by atoms with Gasteiger partial charge in [-0.25, -0.2) is 0 Å². The molecule has 1 aliphatic carbocycles. The standard InChI is InChI=1S/C22H38N2/c1-16(23-12-9-13-24(7)8)19-14-17(21(2,3)4)15-20-18(19)10-11-22(20,5)6/h14-16,23H,9-13H2,1-8H3/p+2/t16-/m0/s1. The highest BCUT2D eigenvalue weighted by Gasteiger charge is 2.34. The highest BCUT2D eigenvalue weighted by Crippen LogP contribution is 2.43. The molecule has 0 amide bonds. The smallest absolute Gasteiger partial charge is 0.109 e. The molecule has 136 valence electrons. The zero-order chi connectivity index (χ0) is 18.1. The summed E-state index contributed by atoms with van der Waals surface area (Å²) in [4.78, 5) is 1.55. The van der Waals surface area contributed by atoms with Crippen LogP contribution < -0.4 is 10.2 Å². The van der Waals surface area contributed by atoms with E-state index in [2.05, 4.69) is 73.1 Å². The van der Waals surface area contributed by atoms with Crippen LogP contribution in [0.4, 0.5) is 0 Å². The normalized spacial score (nSPS) is 18.0. The van der Waals surface area contributed by atoms with Gasteiger partial charge in [0.1, 0.15) is 6.04 Å². The van der Waals surface area contributed by atoms with Crippen LogP contribution in [0.2, 0.25) is 0 Å². The second-order valence-electron chi connectivity index (χ2n) is 9.85.